The molecule has 1 aromatic carbocycles. The van der Waals surface area contributed by atoms with E-state index in [4.69, 9.17) is 5.73 Å². The zero-order chi connectivity index (χ0) is 14.6. The molecule has 2 heteroatoms. The zero-order valence-electron chi connectivity index (χ0n) is 13.5. The largest absolute Gasteiger partial charge is 0.330 e. The van der Waals surface area contributed by atoms with Crippen molar-refractivity contribution in [3.8, 4) is 0 Å². The van der Waals surface area contributed by atoms with E-state index in [0.29, 0.717) is 5.92 Å². The van der Waals surface area contributed by atoms with Crippen LogP contribution in [-0.4, -0.2) is 32.1 Å². The predicted molar refractivity (Wildman–Crippen MR) is 84.8 cm³/mol. The van der Waals surface area contributed by atoms with E-state index in [0.717, 1.165) is 19.5 Å². The number of hydrogen-bond donors (Lipinski definition) is 1. The highest BCUT2D eigenvalue weighted by Crippen LogP contribution is 2.29. The molecule has 0 aliphatic rings. The van der Waals surface area contributed by atoms with Gasteiger partial charge in [0, 0.05) is 6.54 Å². The lowest BCUT2D eigenvalue weighted by atomic mass is 9.83. The molecule has 0 amide bonds. The second kappa shape index (κ2) is 6.53. The fourth-order valence-corrected chi connectivity index (χ4v) is 2.59. The molecule has 19 heavy (non-hydrogen) atoms. The molecule has 0 spiro atoms. The van der Waals surface area contributed by atoms with Gasteiger partial charge in [-0.25, -0.2) is 0 Å². The quantitative estimate of drug-likeness (QED) is 0.882. The fourth-order valence-electron chi connectivity index (χ4n) is 2.59. The topological polar surface area (TPSA) is 29.3 Å². The van der Waals surface area contributed by atoms with Crippen LogP contribution in [0.25, 0.3) is 0 Å². The first kappa shape index (κ1) is 16.2. The molecule has 0 saturated heterocycles. The second-order valence-electron chi connectivity index (χ2n) is 6.86. The SMILES string of the molecule is Cc1cc(C(C)(C)C)ccc1C(CCN)CN(C)C. The molecule has 108 valence electrons. The van der Waals surface area contributed by atoms with Gasteiger partial charge in [0.15, 0.2) is 0 Å². The van der Waals surface area contributed by atoms with Crippen LogP contribution in [0.3, 0.4) is 0 Å². The third-order valence-electron chi connectivity index (χ3n) is 3.68. The summed E-state index contributed by atoms with van der Waals surface area (Å²) >= 11 is 0. The maximum absolute atomic E-state index is 5.77. The summed E-state index contributed by atoms with van der Waals surface area (Å²) in [6.07, 6.45) is 1.05. The molecule has 1 unspecified atom stereocenters. The van der Waals surface area contributed by atoms with Crippen molar-refractivity contribution in [1.29, 1.82) is 0 Å². The Hall–Kier alpha value is -0.860. The molecule has 1 rings (SSSR count). The van der Waals surface area contributed by atoms with Crippen molar-refractivity contribution in [3.05, 3.63) is 34.9 Å². The van der Waals surface area contributed by atoms with Crippen LogP contribution in [0.5, 0.6) is 0 Å². The number of nitrogens with two attached hydrogens (primary N) is 1. The molecular weight excluding hydrogens is 232 g/mol. The van der Waals surface area contributed by atoms with Crippen molar-refractivity contribution in [2.24, 2.45) is 5.73 Å². The van der Waals surface area contributed by atoms with Crippen molar-refractivity contribution >= 4 is 0 Å². The first-order chi connectivity index (χ1) is 8.75. The van der Waals surface area contributed by atoms with Gasteiger partial charge in [-0.3, -0.25) is 0 Å². The Morgan fingerprint density at radius 2 is 1.84 bits per heavy atom. The summed E-state index contributed by atoms with van der Waals surface area (Å²) in [6.45, 7) is 10.8. The minimum absolute atomic E-state index is 0.216. The van der Waals surface area contributed by atoms with E-state index in [2.05, 4.69) is 64.9 Å². The summed E-state index contributed by atoms with van der Waals surface area (Å²) in [5.41, 5.74) is 10.2. The van der Waals surface area contributed by atoms with Crippen LogP contribution in [0.2, 0.25) is 0 Å². The molecule has 0 aliphatic heterocycles. The minimum Gasteiger partial charge on any atom is -0.330 e. The average molecular weight is 262 g/mol. The van der Waals surface area contributed by atoms with Crippen molar-refractivity contribution in [2.75, 3.05) is 27.2 Å². The minimum atomic E-state index is 0.216. The molecule has 0 bridgehead atoms. The van der Waals surface area contributed by atoms with Gasteiger partial charge >= 0.3 is 0 Å². The Bertz CT molecular complexity index is 402. The summed E-state index contributed by atoms with van der Waals surface area (Å²) in [7, 11) is 4.25. The van der Waals surface area contributed by atoms with Crippen LogP contribution >= 0.6 is 0 Å². The van der Waals surface area contributed by atoms with E-state index < -0.39 is 0 Å². The molecular formula is C17H30N2. The lowest BCUT2D eigenvalue weighted by Crippen LogP contribution is -2.23. The molecule has 0 radical (unpaired) electrons. The van der Waals surface area contributed by atoms with E-state index in [1.165, 1.54) is 16.7 Å². The molecule has 0 saturated carbocycles. The third-order valence-corrected chi connectivity index (χ3v) is 3.68. The number of nitrogens with zero attached hydrogens (tertiary/aromatic N) is 1. The molecule has 2 N–H and O–H groups in total. The van der Waals surface area contributed by atoms with Gasteiger partial charge < -0.3 is 10.6 Å². The van der Waals surface area contributed by atoms with Crippen molar-refractivity contribution in [1.82, 2.24) is 4.90 Å². The fraction of sp³-hybridized carbons (Fsp3) is 0.647. The highest BCUT2D eigenvalue weighted by atomic mass is 15.1. The summed E-state index contributed by atoms with van der Waals surface area (Å²) in [5.74, 6) is 0.536. The van der Waals surface area contributed by atoms with Crippen molar-refractivity contribution in [2.45, 2.75) is 45.4 Å². The lowest BCUT2D eigenvalue weighted by molar-refractivity contribution is 0.364. The summed E-state index contributed by atoms with van der Waals surface area (Å²) in [4.78, 5) is 2.25. The maximum atomic E-state index is 5.77. The standard InChI is InChI=1S/C17H30N2/c1-13-11-15(17(2,3)4)7-8-16(13)14(9-10-18)12-19(5)6/h7-8,11,14H,9-10,12,18H2,1-6H3. The van der Waals surface area contributed by atoms with Gasteiger partial charge in [-0.2, -0.15) is 0 Å². The van der Waals surface area contributed by atoms with Gasteiger partial charge in [0.2, 0.25) is 0 Å². The van der Waals surface area contributed by atoms with Gasteiger partial charge in [-0.15, -0.1) is 0 Å². The van der Waals surface area contributed by atoms with Crippen LogP contribution in [0.1, 0.15) is 49.8 Å². The highest BCUT2D eigenvalue weighted by Gasteiger charge is 2.18. The average Bonchev–Trinajstić information content (AvgIpc) is 2.26. The van der Waals surface area contributed by atoms with Crippen LogP contribution in [0.4, 0.5) is 0 Å². The monoisotopic (exact) mass is 262 g/mol. The Kier molecular flexibility index (Phi) is 5.57. The van der Waals surface area contributed by atoms with Gasteiger partial charge in [-0.1, -0.05) is 39.0 Å². The number of rotatable bonds is 5. The number of hydrogen-bond acceptors (Lipinski definition) is 2. The van der Waals surface area contributed by atoms with Crippen LogP contribution in [0.15, 0.2) is 18.2 Å². The molecule has 0 aliphatic carbocycles. The predicted octanol–water partition coefficient (Wildman–Crippen LogP) is 3.29. The number of aryl methyl sites for hydroxylation is 1. The van der Waals surface area contributed by atoms with Gasteiger partial charge in [-0.05, 0) is 62.0 Å². The van der Waals surface area contributed by atoms with Gasteiger partial charge in [0.05, 0.1) is 0 Å². The smallest absolute Gasteiger partial charge is 0.00447 e. The first-order valence-electron chi connectivity index (χ1n) is 7.21. The lowest BCUT2D eigenvalue weighted by Gasteiger charge is -2.25. The Labute approximate surface area is 119 Å². The number of likely N-dealkylation sites (N-methyl/N-ethyl adjacent to an activating group) is 1. The summed E-state index contributed by atoms with van der Waals surface area (Å²) < 4.78 is 0. The molecule has 0 fully saturated rings. The Balaban J connectivity index is 3.04. The molecule has 1 aromatic rings. The Morgan fingerprint density at radius 1 is 1.21 bits per heavy atom. The van der Waals surface area contributed by atoms with Crippen LogP contribution in [0, 0.1) is 6.92 Å². The summed E-state index contributed by atoms with van der Waals surface area (Å²) in [5, 5.41) is 0. The van der Waals surface area contributed by atoms with Crippen LogP contribution in [-0.2, 0) is 5.41 Å². The maximum Gasteiger partial charge on any atom is 0.00447 e. The number of benzene rings is 1. The highest BCUT2D eigenvalue weighted by molar-refractivity contribution is 5.36. The first-order valence-corrected chi connectivity index (χ1v) is 7.21. The van der Waals surface area contributed by atoms with Gasteiger partial charge in [0.1, 0.15) is 0 Å². The van der Waals surface area contributed by atoms with Crippen LogP contribution < -0.4 is 5.73 Å². The summed E-state index contributed by atoms with van der Waals surface area (Å²) in [6, 6.07) is 6.93. The van der Waals surface area contributed by atoms with Crippen molar-refractivity contribution in [3.63, 3.8) is 0 Å². The third kappa shape index (κ3) is 4.63. The van der Waals surface area contributed by atoms with Gasteiger partial charge in [0.25, 0.3) is 0 Å². The zero-order valence-corrected chi connectivity index (χ0v) is 13.5. The molecule has 2 nitrogen and oxygen atoms in total. The normalized spacial score (nSPS) is 13.9. The Morgan fingerprint density at radius 3 is 2.26 bits per heavy atom. The molecule has 0 heterocycles. The van der Waals surface area contributed by atoms with E-state index >= 15 is 0 Å². The molecule has 0 aromatic heterocycles. The van der Waals surface area contributed by atoms with E-state index in [-0.39, 0.29) is 5.41 Å². The van der Waals surface area contributed by atoms with Crippen molar-refractivity contribution < 1.29 is 0 Å². The second-order valence-corrected chi connectivity index (χ2v) is 6.86. The van der Waals surface area contributed by atoms with E-state index in [9.17, 15) is 0 Å². The molecule has 1 atom stereocenters. The van der Waals surface area contributed by atoms with E-state index in [1.807, 2.05) is 0 Å². The van der Waals surface area contributed by atoms with E-state index in [1.54, 1.807) is 0 Å².